The molecule has 0 aliphatic heterocycles. The zero-order valence-electron chi connectivity index (χ0n) is 9.92. The maximum Gasteiger partial charge on any atom is 0.169 e. The average Bonchev–Trinajstić information content (AvgIpc) is 2.81. The molecule has 5 heteroatoms. The van der Waals surface area contributed by atoms with Gasteiger partial charge in [0.2, 0.25) is 0 Å². The van der Waals surface area contributed by atoms with Crippen LogP contribution in [-0.2, 0) is 6.42 Å². The minimum absolute atomic E-state index is 0.133. The molecule has 0 atom stereocenters. The number of carbonyl (C=O) groups is 1. The largest absolute Gasteiger partial charge is 0.504 e. The van der Waals surface area contributed by atoms with Crippen molar-refractivity contribution in [2.24, 2.45) is 0 Å². The van der Waals surface area contributed by atoms with E-state index in [0.29, 0.717) is 24.5 Å². The highest BCUT2D eigenvalue weighted by Gasteiger charge is 2.06. The molecule has 4 nitrogen and oxygen atoms in total. The molecule has 18 heavy (non-hydrogen) atoms. The van der Waals surface area contributed by atoms with Gasteiger partial charge in [-0.15, -0.1) is 11.3 Å². The van der Waals surface area contributed by atoms with Gasteiger partial charge in [0, 0.05) is 11.8 Å². The van der Waals surface area contributed by atoms with Crippen LogP contribution >= 0.6 is 11.3 Å². The number of nitrogens with zero attached hydrogens (tertiary/aromatic N) is 1. The van der Waals surface area contributed by atoms with E-state index in [1.807, 2.05) is 13.0 Å². The lowest BCUT2D eigenvalue weighted by Gasteiger charge is -2.07. The molecule has 1 heterocycles. The molecule has 1 aromatic carbocycles. The van der Waals surface area contributed by atoms with Crippen LogP contribution in [0.15, 0.2) is 23.6 Å². The standard InChI is InChI=1S/C13H13NO3S/c1-2-17-12-5-9(3-4-11(12)16)6-13-14-10(7-15)8-18-13/h3-5,7-8,16H,2,6H2,1H3. The molecule has 1 N–H and O–H groups in total. The van der Waals surface area contributed by atoms with E-state index in [9.17, 15) is 9.90 Å². The van der Waals surface area contributed by atoms with E-state index in [0.717, 1.165) is 16.9 Å². The first-order chi connectivity index (χ1) is 8.72. The zero-order chi connectivity index (χ0) is 13.0. The molecule has 0 aliphatic rings. The molecule has 94 valence electrons. The van der Waals surface area contributed by atoms with Gasteiger partial charge in [0.05, 0.1) is 11.6 Å². The molecule has 0 aliphatic carbocycles. The van der Waals surface area contributed by atoms with Crippen LogP contribution in [0, 0.1) is 0 Å². The van der Waals surface area contributed by atoms with Crippen LogP contribution in [0.4, 0.5) is 0 Å². The van der Waals surface area contributed by atoms with E-state index in [1.54, 1.807) is 17.5 Å². The third-order valence-corrected chi connectivity index (χ3v) is 3.24. The first-order valence-electron chi connectivity index (χ1n) is 5.57. The summed E-state index contributed by atoms with van der Waals surface area (Å²) in [6, 6.07) is 5.22. The Labute approximate surface area is 109 Å². The first-order valence-corrected chi connectivity index (χ1v) is 6.45. The van der Waals surface area contributed by atoms with Crippen molar-refractivity contribution in [3.63, 3.8) is 0 Å². The SMILES string of the molecule is CCOc1cc(Cc2nc(C=O)cs2)ccc1O. The van der Waals surface area contributed by atoms with Gasteiger partial charge in [0.25, 0.3) is 0 Å². The van der Waals surface area contributed by atoms with Gasteiger partial charge in [0.15, 0.2) is 17.8 Å². The molecule has 0 saturated carbocycles. The Bertz CT molecular complexity index is 551. The summed E-state index contributed by atoms with van der Waals surface area (Å²) in [5.74, 6) is 0.607. The highest BCUT2D eigenvalue weighted by molar-refractivity contribution is 7.09. The van der Waals surface area contributed by atoms with Gasteiger partial charge < -0.3 is 9.84 Å². The number of aromatic hydroxyl groups is 1. The lowest BCUT2D eigenvalue weighted by molar-refractivity contribution is 0.111. The predicted molar refractivity (Wildman–Crippen MR) is 69.6 cm³/mol. The van der Waals surface area contributed by atoms with Crippen LogP contribution in [0.25, 0.3) is 0 Å². The molecular weight excluding hydrogens is 250 g/mol. The van der Waals surface area contributed by atoms with Crippen molar-refractivity contribution < 1.29 is 14.6 Å². The van der Waals surface area contributed by atoms with Gasteiger partial charge in [0.1, 0.15) is 5.69 Å². The van der Waals surface area contributed by atoms with Crippen LogP contribution in [-0.4, -0.2) is 23.0 Å². The van der Waals surface area contributed by atoms with E-state index < -0.39 is 0 Å². The number of aldehydes is 1. The van der Waals surface area contributed by atoms with Crippen molar-refractivity contribution in [3.05, 3.63) is 39.8 Å². The third-order valence-electron chi connectivity index (χ3n) is 2.37. The molecule has 2 aromatic rings. The molecular formula is C13H13NO3S. The highest BCUT2D eigenvalue weighted by atomic mass is 32.1. The van der Waals surface area contributed by atoms with E-state index >= 15 is 0 Å². The van der Waals surface area contributed by atoms with Crippen LogP contribution in [0.3, 0.4) is 0 Å². The summed E-state index contributed by atoms with van der Waals surface area (Å²) in [5.41, 5.74) is 1.45. The third kappa shape index (κ3) is 2.87. The molecule has 0 amide bonds. The molecule has 0 radical (unpaired) electrons. The number of phenolic OH excluding ortho intramolecular Hbond substituents is 1. The normalized spacial score (nSPS) is 10.3. The minimum Gasteiger partial charge on any atom is -0.504 e. The van der Waals surface area contributed by atoms with Crippen molar-refractivity contribution in [1.29, 1.82) is 0 Å². The van der Waals surface area contributed by atoms with Gasteiger partial charge in [-0.3, -0.25) is 4.79 Å². The van der Waals surface area contributed by atoms with Crippen molar-refractivity contribution in [1.82, 2.24) is 4.98 Å². The summed E-state index contributed by atoms with van der Waals surface area (Å²) in [5, 5.41) is 12.2. The fraction of sp³-hybridized carbons (Fsp3) is 0.231. The molecule has 0 fully saturated rings. The Morgan fingerprint density at radius 1 is 1.50 bits per heavy atom. The number of phenols is 1. The minimum atomic E-state index is 0.133. The highest BCUT2D eigenvalue weighted by Crippen LogP contribution is 2.28. The summed E-state index contributed by atoms with van der Waals surface area (Å²) in [7, 11) is 0. The van der Waals surface area contributed by atoms with Crippen molar-refractivity contribution in [2.75, 3.05) is 6.61 Å². The molecule has 0 spiro atoms. The van der Waals surface area contributed by atoms with Crippen molar-refractivity contribution >= 4 is 17.6 Å². The number of hydrogen-bond donors (Lipinski definition) is 1. The van der Waals surface area contributed by atoms with E-state index in [4.69, 9.17) is 4.74 Å². The molecule has 0 bridgehead atoms. The first kappa shape index (κ1) is 12.6. The Morgan fingerprint density at radius 2 is 2.33 bits per heavy atom. The number of ether oxygens (including phenoxy) is 1. The van der Waals surface area contributed by atoms with Crippen LogP contribution in [0.1, 0.15) is 28.0 Å². The molecule has 1 aromatic heterocycles. The van der Waals surface area contributed by atoms with Gasteiger partial charge >= 0.3 is 0 Å². The topological polar surface area (TPSA) is 59.4 Å². The predicted octanol–water partition coefficient (Wildman–Crippen LogP) is 2.65. The Balaban J connectivity index is 2.18. The zero-order valence-corrected chi connectivity index (χ0v) is 10.7. The number of carbonyl (C=O) groups excluding carboxylic acids is 1. The lowest BCUT2D eigenvalue weighted by atomic mass is 10.1. The monoisotopic (exact) mass is 263 g/mol. The average molecular weight is 263 g/mol. The maximum absolute atomic E-state index is 10.5. The summed E-state index contributed by atoms with van der Waals surface area (Å²) in [6.45, 7) is 2.37. The Hall–Kier alpha value is -1.88. The summed E-state index contributed by atoms with van der Waals surface area (Å²) in [4.78, 5) is 14.7. The number of thiazole rings is 1. The molecule has 2 rings (SSSR count). The van der Waals surface area contributed by atoms with Crippen molar-refractivity contribution in [2.45, 2.75) is 13.3 Å². The quantitative estimate of drug-likeness (QED) is 0.842. The number of benzene rings is 1. The second-order valence-corrected chi connectivity index (χ2v) is 4.64. The number of aromatic nitrogens is 1. The van der Waals surface area contributed by atoms with Crippen LogP contribution in [0.2, 0.25) is 0 Å². The Kier molecular flexibility index (Phi) is 3.94. The van der Waals surface area contributed by atoms with Gasteiger partial charge in [-0.25, -0.2) is 4.98 Å². The van der Waals surface area contributed by atoms with Crippen LogP contribution in [0.5, 0.6) is 11.5 Å². The smallest absolute Gasteiger partial charge is 0.169 e. The van der Waals surface area contributed by atoms with Crippen molar-refractivity contribution in [3.8, 4) is 11.5 Å². The van der Waals surface area contributed by atoms with Gasteiger partial charge in [-0.1, -0.05) is 6.07 Å². The van der Waals surface area contributed by atoms with E-state index in [1.165, 1.54) is 11.3 Å². The fourth-order valence-electron chi connectivity index (χ4n) is 1.57. The summed E-state index contributed by atoms with van der Waals surface area (Å²) in [6.07, 6.45) is 1.36. The second kappa shape index (κ2) is 5.64. The van der Waals surface area contributed by atoms with Gasteiger partial charge in [-0.05, 0) is 24.6 Å². The lowest BCUT2D eigenvalue weighted by Crippen LogP contribution is -1.94. The summed E-state index contributed by atoms with van der Waals surface area (Å²) < 4.78 is 5.32. The second-order valence-electron chi connectivity index (χ2n) is 3.70. The Morgan fingerprint density at radius 3 is 3.00 bits per heavy atom. The van der Waals surface area contributed by atoms with Crippen LogP contribution < -0.4 is 4.74 Å². The molecule has 0 unspecified atom stereocenters. The molecule has 0 saturated heterocycles. The van der Waals surface area contributed by atoms with E-state index in [-0.39, 0.29) is 5.75 Å². The van der Waals surface area contributed by atoms with Gasteiger partial charge in [-0.2, -0.15) is 0 Å². The fourth-order valence-corrected chi connectivity index (χ4v) is 2.35. The van der Waals surface area contributed by atoms with E-state index in [2.05, 4.69) is 4.98 Å². The maximum atomic E-state index is 10.5. The number of rotatable bonds is 5. The number of hydrogen-bond acceptors (Lipinski definition) is 5. The summed E-state index contributed by atoms with van der Waals surface area (Å²) >= 11 is 1.45.